The summed E-state index contributed by atoms with van der Waals surface area (Å²) in [6.45, 7) is 0.631. The van der Waals surface area contributed by atoms with E-state index in [4.69, 9.17) is 10.5 Å². The van der Waals surface area contributed by atoms with Crippen molar-refractivity contribution in [2.75, 3.05) is 13.7 Å². The second-order valence-corrected chi connectivity index (χ2v) is 4.10. The molecule has 0 aliphatic heterocycles. The van der Waals surface area contributed by atoms with E-state index in [1.807, 2.05) is 0 Å². The Morgan fingerprint density at radius 1 is 1.47 bits per heavy atom. The Morgan fingerprint density at radius 3 is 2.93 bits per heavy atom. The van der Waals surface area contributed by atoms with Crippen LogP contribution in [0.2, 0.25) is 0 Å². The molecule has 0 aromatic rings. The number of methoxy groups -OCH3 is 1. The Labute approximate surface area is 91.1 Å². The van der Waals surface area contributed by atoms with Crippen LogP contribution in [0.15, 0.2) is 0 Å². The van der Waals surface area contributed by atoms with E-state index in [1.165, 1.54) is 7.11 Å². The SMILES string of the molecule is COC(=O)CCCOC1CCCC(N)C1. The van der Waals surface area contributed by atoms with Gasteiger partial charge in [-0.1, -0.05) is 0 Å². The van der Waals surface area contributed by atoms with E-state index in [-0.39, 0.29) is 5.97 Å². The monoisotopic (exact) mass is 215 g/mol. The fraction of sp³-hybridized carbons (Fsp3) is 0.909. The number of hydrogen-bond donors (Lipinski definition) is 1. The van der Waals surface area contributed by atoms with E-state index in [0.717, 1.165) is 32.1 Å². The summed E-state index contributed by atoms with van der Waals surface area (Å²) in [5, 5.41) is 0. The van der Waals surface area contributed by atoms with Crippen molar-refractivity contribution < 1.29 is 14.3 Å². The van der Waals surface area contributed by atoms with Gasteiger partial charge in [0.25, 0.3) is 0 Å². The highest BCUT2D eigenvalue weighted by atomic mass is 16.5. The third kappa shape index (κ3) is 5.14. The minimum absolute atomic E-state index is 0.168. The molecule has 4 heteroatoms. The maximum atomic E-state index is 10.8. The van der Waals surface area contributed by atoms with Crippen molar-refractivity contribution in [1.82, 2.24) is 0 Å². The summed E-state index contributed by atoms with van der Waals surface area (Å²) in [6, 6.07) is 0.296. The lowest BCUT2D eigenvalue weighted by Gasteiger charge is -2.26. The molecule has 1 aliphatic rings. The molecule has 1 fully saturated rings. The molecule has 2 unspecified atom stereocenters. The first-order chi connectivity index (χ1) is 7.22. The number of carbonyl (C=O) groups excluding carboxylic acids is 1. The lowest BCUT2D eigenvalue weighted by Crippen LogP contribution is -2.32. The molecule has 0 amide bonds. The molecule has 0 aromatic heterocycles. The molecule has 1 rings (SSSR count). The zero-order chi connectivity index (χ0) is 11.1. The Balaban J connectivity index is 2.02. The van der Waals surface area contributed by atoms with E-state index < -0.39 is 0 Å². The predicted molar refractivity (Wildman–Crippen MR) is 57.4 cm³/mol. The molecule has 0 heterocycles. The van der Waals surface area contributed by atoms with Crippen LogP contribution in [0.5, 0.6) is 0 Å². The highest BCUT2D eigenvalue weighted by Crippen LogP contribution is 2.19. The number of nitrogens with two attached hydrogens (primary N) is 1. The zero-order valence-electron chi connectivity index (χ0n) is 9.41. The summed E-state index contributed by atoms with van der Waals surface area (Å²) < 4.78 is 10.2. The first-order valence-electron chi connectivity index (χ1n) is 5.66. The Hall–Kier alpha value is -0.610. The van der Waals surface area contributed by atoms with Crippen molar-refractivity contribution in [3.05, 3.63) is 0 Å². The molecule has 2 atom stereocenters. The Kier molecular flexibility index (Phi) is 5.65. The van der Waals surface area contributed by atoms with Gasteiger partial charge < -0.3 is 15.2 Å². The minimum Gasteiger partial charge on any atom is -0.469 e. The summed E-state index contributed by atoms with van der Waals surface area (Å²) in [5.41, 5.74) is 5.85. The van der Waals surface area contributed by atoms with Crippen LogP contribution in [0, 0.1) is 0 Å². The van der Waals surface area contributed by atoms with E-state index in [0.29, 0.717) is 25.2 Å². The summed E-state index contributed by atoms with van der Waals surface area (Å²) in [4.78, 5) is 10.8. The van der Waals surface area contributed by atoms with Crippen molar-refractivity contribution in [2.24, 2.45) is 5.73 Å². The summed E-state index contributed by atoms with van der Waals surface area (Å²) >= 11 is 0. The predicted octanol–water partition coefficient (Wildman–Crippen LogP) is 1.23. The molecule has 1 aliphatic carbocycles. The lowest BCUT2D eigenvalue weighted by molar-refractivity contribution is -0.141. The van der Waals surface area contributed by atoms with Gasteiger partial charge in [0.1, 0.15) is 0 Å². The van der Waals surface area contributed by atoms with Crippen LogP contribution >= 0.6 is 0 Å². The summed E-state index contributed by atoms with van der Waals surface area (Å²) in [7, 11) is 1.41. The quantitative estimate of drug-likeness (QED) is 0.553. The smallest absolute Gasteiger partial charge is 0.305 e. The van der Waals surface area contributed by atoms with Crippen LogP contribution in [0.25, 0.3) is 0 Å². The van der Waals surface area contributed by atoms with Crippen molar-refractivity contribution in [2.45, 2.75) is 50.7 Å². The maximum Gasteiger partial charge on any atom is 0.305 e. The zero-order valence-corrected chi connectivity index (χ0v) is 9.41. The number of esters is 1. The average Bonchev–Trinajstić information content (AvgIpc) is 2.24. The molecule has 2 N–H and O–H groups in total. The maximum absolute atomic E-state index is 10.8. The molecule has 15 heavy (non-hydrogen) atoms. The van der Waals surface area contributed by atoms with Crippen LogP contribution in [0.3, 0.4) is 0 Å². The van der Waals surface area contributed by atoms with Crippen molar-refractivity contribution in [3.8, 4) is 0 Å². The van der Waals surface area contributed by atoms with Crippen molar-refractivity contribution in [1.29, 1.82) is 0 Å². The molecule has 0 saturated heterocycles. The third-order valence-corrected chi connectivity index (χ3v) is 2.77. The molecular weight excluding hydrogens is 194 g/mol. The fourth-order valence-electron chi connectivity index (χ4n) is 1.90. The fourth-order valence-corrected chi connectivity index (χ4v) is 1.90. The average molecular weight is 215 g/mol. The largest absolute Gasteiger partial charge is 0.469 e. The second kappa shape index (κ2) is 6.80. The summed E-state index contributed by atoms with van der Waals surface area (Å²) in [5.74, 6) is -0.168. The van der Waals surface area contributed by atoms with E-state index in [2.05, 4.69) is 4.74 Å². The van der Waals surface area contributed by atoms with Gasteiger partial charge in [-0.05, 0) is 32.1 Å². The van der Waals surface area contributed by atoms with Gasteiger partial charge in [-0.2, -0.15) is 0 Å². The highest BCUT2D eigenvalue weighted by Gasteiger charge is 2.19. The van der Waals surface area contributed by atoms with Gasteiger partial charge in [0.05, 0.1) is 13.2 Å². The first-order valence-corrected chi connectivity index (χ1v) is 5.66. The van der Waals surface area contributed by atoms with Gasteiger partial charge in [-0.3, -0.25) is 4.79 Å². The van der Waals surface area contributed by atoms with Gasteiger partial charge >= 0.3 is 5.97 Å². The third-order valence-electron chi connectivity index (χ3n) is 2.77. The van der Waals surface area contributed by atoms with E-state index in [9.17, 15) is 4.79 Å². The molecule has 0 aromatic carbocycles. The van der Waals surface area contributed by atoms with Gasteiger partial charge in [0, 0.05) is 19.1 Å². The van der Waals surface area contributed by atoms with Gasteiger partial charge in [-0.25, -0.2) is 0 Å². The lowest BCUT2D eigenvalue weighted by atomic mass is 9.93. The van der Waals surface area contributed by atoms with Crippen LogP contribution < -0.4 is 5.73 Å². The number of carbonyl (C=O) groups is 1. The first kappa shape index (κ1) is 12.5. The van der Waals surface area contributed by atoms with Crippen LogP contribution in [0.4, 0.5) is 0 Å². The molecule has 0 bridgehead atoms. The molecule has 88 valence electrons. The normalized spacial score (nSPS) is 26.3. The van der Waals surface area contributed by atoms with E-state index >= 15 is 0 Å². The minimum atomic E-state index is -0.168. The summed E-state index contributed by atoms with van der Waals surface area (Å²) in [6.07, 6.45) is 5.80. The van der Waals surface area contributed by atoms with Crippen LogP contribution in [0.1, 0.15) is 38.5 Å². The van der Waals surface area contributed by atoms with Crippen molar-refractivity contribution >= 4 is 5.97 Å². The number of hydrogen-bond acceptors (Lipinski definition) is 4. The van der Waals surface area contributed by atoms with E-state index in [1.54, 1.807) is 0 Å². The van der Waals surface area contributed by atoms with Gasteiger partial charge in [0.15, 0.2) is 0 Å². The molecule has 0 spiro atoms. The van der Waals surface area contributed by atoms with Gasteiger partial charge in [0.2, 0.25) is 0 Å². The number of ether oxygens (including phenoxy) is 2. The topological polar surface area (TPSA) is 61.5 Å². The highest BCUT2D eigenvalue weighted by molar-refractivity contribution is 5.68. The molecule has 1 saturated carbocycles. The van der Waals surface area contributed by atoms with Crippen LogP contribution in [-0.4, -0.2) is 31.8 Å². The molecular formula is C11H21NO3. The standard InChI is InChI=1S/C11H21NO3/c1-14-11(13)6-3-7-15-10-5-2-4-9(12)8-10/h9-10H,2-8,12H2,1H3. The van der Waals surface area contributed by atoms with Gasteiger partial charge in [-0.15, -0.1) is 0 Å². The Bertz CT molecular complexity index is 196. The Morgan fingerprint density at radius 2 is 2.27 bits per heavy atom. The molecule has 0 radical (unpaired) electrons. The van der Waals surface area contributed by atoms with Crippen LogP contribution in [-0.2, 0) is 14.3 Å². The molecule has 4 nitrogen and oxygen atoms in total. The van der Waals surface area contributed by atoms with Crippen molar-refractivity contribution in [3.63, 3.8) is 0 Å². The second-order valence-electron chi connectivity index (χ2n) is 4.10. The number of rotatable bonds is 5.